The van der Waals surface area contributed by atoms with E-state index in [9.17, 15) is 9.59 Å². The van der Waals surface area contributed by atoms with Crippen LogP contribution in [0, 0.1) is 0 Å². The number of hydrogen-bond donors (Lipinski definition) is 3. The van der Waals surface area contributed by atoms with Crippen LogP contribution in [0.1, 0.15) is 26.3 Å². The first-order valence-electron chi connectivity index (χ1n) is 6.69. The highest BCUT2D eigenvalue weighted by Gasteiger charge is 2.14. The molecule has 0 bridgehead atoms. The number of anilines is 1. The lowest BCUT2D eigenvalue weighted by Crippen LogP contribution is -2.40. The van der Waals surface area contributed by atoms with E-state index in [0.29, 0.717) is 12.4 Å². The van der Waals surface area contributed by atoms with Crippen molar-refractivity contribution < 1.29 is 9.59 Å². The minimum atomic E-state index is -0.545. The molecule has 1 heterocycles. The quantitative estimate of drug-likeness (QED) is 0.641. The molecule has 0 radical (unpaired) electrons. The zero-order valence-corrected chi connectivity index (χ0v) is 12.7. The maximum Gasteiger partial charge on any atom is 0.237 e. The molecule has 0 aliphatic heterocycles. The minimum Gasteiger partial charge on any atom is -0.368 e. The van der Waals surface area contributed by atoms with Gasteiger partial charge in [0.05, 0.1) is 13.1 Å². The predicted molar refractivity (Wildman–Crippen MR) is 81.4 cm³/mol. The van der Waals surface area contributed by atoms with Gasteiger partial charge in [0.2, 0.25) is 11.8 Å². The molecular formula is C14H23N5O2. The molecule has 2 amide bonds. The number of nitrogens with one attached hydrogen (secondary N) is 1. The molecular weight excluding hydrogens is 270 g/mol. The van der Waals surface area contributed by atoms with Crippen molar-refractivity contribution >= 4 is 17.6 Å². The van der Waals surface area contributed by atoms with E-state index >= 15 is 0 Å². The zero-order chi connectivity index (χ0) is 16.0. The van der Waals surface area contributed by atoms with Crippen LogP contribution in [0.5, 0.6) is 0 Å². The summed E-state index contributed by atoms with van der Waals surface area (Å²) in [6, 6.07) is 3.63. The molecule has 1 aromatic rings. The van der Waals surface area contributed by atoms with E-state index in [1.807, 2.05) is 6.07 Å². The van der Waals surface area contributed by atoms with Crippen LogP contribution >= 0.6 is 0 Å². The first-order valence-corrected chi connectivity index (χ1v) is 6.69. The van der Waals surface area contributed by atoms with Gasteiger partial charge in [0.15, 0.2) is 0 Å². The Balaban J connectivity index is 2.77. The van der Waals surface area contributed by atoms with Crippen LogP contribution in [-0.2, 0) is 16.1 Å². The molecule has 0 aromatic carbocycles. The second kappa shape index (κ2) is 7.03. The highest BCUT2D eigenvalue weighted by Crippen LogP contribution is 2.11. The molecule has 1 aromatic heterocycles. The molecule has 7 heteroatoms. The number of carbonyl (C=O) groups excluding carboxylic acids is 2. The second-order valence-electron chi connectivity index (χ2n) is 5.92. The summed E-state index contributed by atoms with van der Waals surface area (Å²) in [6.45, 7) is 6.72. The van der Waals surface area contributed by atoms with Crippen molar-refractivity contribution in [1.29, 1.82) is 0 Å². The number of primary amides is 2. The first kappa shape index (κ1) is 16.9. The van der Waals surface area contributed by atoms with Crippen molar-refractivity contribution in [3.63, 3.8) is 0 Å². The largest absolute Gasteiger partial charge is 0.368 e. The van der Waals surface area contributed by atoms with Crippen molar-refractivity contribution in [1.82, 2.24) is 10.3 Å². The van der Waals surface area contributed by atoms with Crippen LogP contribution in [0.3, 0.4) is 0 Å². The topological polar surface area (TPSA) is 114 Å². The summed E-state index contributed by atoms with van der Waals surface area (Å²) in [5.74, 6) is -0.597. The highest BCUT2D eigenvalue weighted by atomic mass is 16.2. The van der Waals surface area contributed by atoms with E-state index in [-0.39, 0.29) is 18.6 Å². The Morgan fingerprint density at radius 1 is 1.19 bits per heavy atom. The third kappa shape index (κ3) is 6.71. The summed E-state index contributed by atoms with van der Waals surface area (Å²) in [5, 5.41) is 3.35. The lowest BCUT2D eigenvalue weighted by molar-refractivity contribution is -0.117. The molecule has 7 nitrogen and oxygen atoms in total. The molecule has 0 aliphatic carbocycles. The standard InChI is InChI=1S/C14H23N5O2/c1-14(2,3)18-7-10-4-5-13(17-6-10)19(8-11(15)20)9-12(16)21/h4-6,18H,7-9H2,1-3H3,(H2,15,20)(H2,16,21). The normalized spacial score (nSPS) is 11.2. The van der Waals surface area contributed by atoms with Gasteiger partial charge in [0.1, 0.15) is 5.82 Å². The summed E-state index contributed by atoms with van der Waals surface area (Å²) in [5.41, 5.74) is 11.3. The Hall–Kier alpha value is -2.15. The van der Waals surface area contributed by atoms with Crippen molar-refractivity contribution in [3.8, 4) is 0 Å². The molecule has 116 valence electrons. The summed E-state index contributed by atoms with van der Waals surface area (Å²) in [7, 11) is 0. The minimum absolute atomic E-state index is 0.0165. The van der Waals surface area contributed by atoms with Gasteiger partial charge in [0, 0.05) is 18.3 Å². The van der Waals surface area contributed by atoms with E-state index in [1.54, 1.807) is 12.3 Å². The number of carbonyl (C=O) groups is 2. The molecule has 21 heavy (non-hydrogen) atoms. The summed E-state index contributed by atoms with van der Waals surface area (Å²) < 4.78 is 0. The van der Waals surface area contributed by atoms with Crippen molar-refractivity contribution in [2.24, 2.45) is 11.5 Å². The molecule has 0 unspecified atom stereocenters. The molecule has 0 atom stereocenters. The van der Waals surface area contributed by atoms with Crippen LogP contribution in [0.25, 0.3) is 0 Å². The van der Waals surface area contributed by atoms with Gasteiger partial charge < -0.3 is 21.7 Å². The molecule has 0 saturated carbocycles. The van der Waals surface area contributed by atoms with Crippen molar-refractivity contribution in [3.05, 3.63) is 23.9 Å². The number of nitrogens with zero attached hydrogens (tertiary/aromatic N) is 2. The Morgan fingerprint density at radius 2 is 1.76 bits per heavy atom. The number of nitrogens with two attached hydrogens (primary N) is 2. The fourth-order valence-corrected chi connectivity index (χ4v) is 1.67. The van der Waals surface area contributed by atoms with Crippen LogP contribution in [0.4, 0.5) is 5.82 Å². The van der Waals surface area contributed by atoms with Crippen molar-refractivity contribution in [2.75, 3.05) is 18.0 Å². The van der Waals surface area contributed by atoms with E-state index < -0.39 is 11.8 Å². The van der Waals surface area contributed by atoms with Crippen molar-refractivity contribution in [2.45, 2.75) is 32.9 Å². The third-order valence-electron chi connectivity index (χ3n) is 2.65. The monoisotopic (exact) mass is 293 g/mol. The van der Waals surface area contributed by atoms with E-state index in [4.69, 9.17) is 11.5 Å². The highest BCUT2D eigenvalue weighted by molar-refractivity contribution is 5.84. The van der Waals surface area contributed by atoms with E-state index in [2.05, 4.69) is 31.1 Å². The summed E-state index contributed by atoms with van der Waals surface area (Å²) in [4.78, 5) is 27.8. The van der Waals surface area contributed by atoms with Gasteiger partial charge in [-0.25, -0.2) is 4.98 Å². The SMILES string of the molecule is CC(C)(C)NCc1ccc(N(CC(N)=O)CC(N)=O)nc1. The zero-order valence-electron chi connectivity index (χ0n) is 12.7. The average Bonchev–Trinajstić information content (AvgIpc) is 2.34. The number of hydrogen-bond acceptors (Lipinski definition) is 5. The van der Waals surface area contributed by atoms with E-state index in [0.717, 1.165) is 5.56 Å². The van der Waals surface area contributed by atoms with Crippen LogP contribution in [-0.4, -0.2) is 35.4 Å². The average molecular weight is 293 g/mol. The summed E-state index contributed by atoms with van der Waals surface area (Å²) in [6.07, 6.45) is 1.70. The lowest BCUT2D eigenvalue weighted by atomic mass is 10.1. The Morgan fingerprint density at radius 3 is 2.14 bits per heavy atom. The second-order valence-corrected chi connectivity index (χ2v) is 5.92. The molecule has 1 rings (SSSR count). The van der Waals surface area contributed by atoms with Crippen LogP contribution in [0.2, 0.25) is 0 Å². The summed E-state index contributed by atoms with van der Waals surface area (Å²) >= 11 is 0. The smallest absolute Gasteiger partial charge is 0.237 e. The predicted octanol–water partition coefficient (Wildman–Crippen LogP) is -0.253. The maximum atomic E-state index is 11.0. The Kier molecular flexibility index (Phi) is 5.66. The van der Waals surface area contributed by atoms with Gasteiger partial charge in [-0.05, 0) is 32.4 Å². The van der Waals surface area contributed by atoms with Gasteiger partial charge >= 0.3 is 0 Å². The maximum absolute atomic E-state index is 11.0. The van der Waals surface area contributed by atoms with E-state index in [1.165, 1.54) is 4.90 Å². The van der Waals surface area contributed by atoms with Gasteiger partial charge in [0.25, 0.3) is 0 Å². The molecule has 5 N–H and O–H groups in total. The van der Waals surface area contributed by atoms with Gasteiger partial charge in [-0.1, -0.05) is 6.07 Å². The number of amides is 2. The Labute approximate surface area is 124 Å². The van der Waals surface area contributed by atoms with Crippen LogP contribution in [0.15, 0.2) is 18.3 Å². The first-order chi connectivity index (χ1) is 9.67. The fraction of sp³-hybridized carbons (Fsp3) is 0.500. The number of rotatable bonds is 7. The number of aromatic nitrogens is 1. The Bertz CT molecular complexity index is 477. The molecule has 0 fully saturated rings. The molecule has 0 spiro atoms. The van der Waals surface area contributed by atoms with Gasteiger partial charge in [-0.15, -0.1) is 0 Å². The molecule has 0 saturated heterocycles. The van der Waals surface area contributed by atoms with Crippen LogP contribution < -0.4 is 21.7 Å². The third-order valence-corrected chi connectivity index (χ3v) is 2.65. The van der Waals surface area contributed by atoms with Gasteiger partial charge in [-0.3, -0.25) is 9.59 Å². The fourth-order valence-electron chi connectivity index (χ4n) is 1.67. The molecule has 0 aliphatic rings. The lowest BCUT2D eigenvalue weighted by Gasteiger charge is -2.22. The van der Waals surface area contributed by atoms with Gasteiger partial charge in [-0.2, -0.15) is 0 Å². The number of pyridine rings is 1.